The lowest BCUT2D eigenvalue weighted by Crippen LogP contribution is -2.67. The van der Waals surface area contributed by atoms with Gasteiger partial charge in [-0.25, -0.2) is 4.79 Å². The fourth-order valence-electron chi connectivity index (χ4n) is 4.05. The minimum atomic E-state index is -1.28. The fraction of sp³-hybridized carbons (Fsp3) is 0.538. The van der Waals surface area contributed by atoms with Crippen molar-refractivity contribution in [3.63, 3.8) is 0 Å². The molecule has 0 radical (unpaired) electrons. The maximum Gasteiger partial charge on any atom is 0.328 e. The van der Waals surface area contributed by atoms with Crippen molar-refractivity contribution >= 4 is 35.7 Å². The number of methoxy groups -OCH3 is 1. The van der Waals surface area contributed by atoms with Crippen molar-refractivity contribution in [3.05, 3.63) is 29.8 Å². The van der Waals surface area contributed by atoms with Gasteiger partial charge in [0.05, 0.1) is 7.11 Å². The second kappa shape index (κ2) is 14.8. The first-order valence-corrected chi connectivity index (χ1v) is 12.3. The van der Waals surface area contributed by atoms with Crippen molar-refractivity contribution in [2.45, 2.75) is 77.7 Å². The Morgan fingerprint density at radius 2 is 1.45 bits per heavy atom. The molecule has 2 N–H and O–H groups in total. The lowest BCUT2D eigenvalue weighted by Gasteiger charge is -2.44. The highest BCUT2D eigenvalue weighted by molar-refractivity contribution is 5.83. The van der Waals surface area contributed by atoms with Gasteiger partial charge in [0.1, 0.15) is 30.5 Å². The van der Waals surface area contributed by atoms with Gasteiger partial charge in [-0.3, -0.25) is 24.0 Å². The summed E-state index contributed by atoms with van der Waals surface area (Å²) in [5.74, 6) is -3.34. The van der Waals surface area contributed by atoms with Gasteiger partial charge in [-0.05, 0) is 17.7 Å². The molecule has 1 aromatic carbocycles. The van der Waals surface area contributed by atoms with Crippen LogP contribution in [0.15, 0.2) is 24.3 Å². The molecule has 2 rings (SSSR count). The Morgan fingerprint density at radius 1 is 0.850 bits per heavy atom. The summed E-state index contributed by atoms with van der Waals surface area (Å²) < 4.78 is 32.6. The Morgan fingerprint density at radius 3 is 1.95 bits per heavy atom. The van der Waals surface area contributed by atoms with Gasteiger partial charge >= 0.3 is 23.9 Å². The van der Waals surface area contributed by atoms with Crippen LogP contribution in [-0.2, 0) is 58.9 Å². The summed E-state index contributed by atoms with van der Waals surface area (Å²) in [6.45, 7) is 5.61. The van der Waals surface area contributed by atoms with Crippen LogP contribution in [0.2, 0.25) is 0 Å². The smallest absolute Gasteiger partial charge is 0.328 e. The molecule has 1 aliphatic heterocycles. The molecule has 0 aliphatic carbocycles. The van der Waals surface area contributed by atoms with Gasteiger partial charge < -0.3 is 39.1 Å². The van der Waals surface area contributed by atoms with Crippen LogP contribution in [0.4, 0.5) is 0 Å². The third-order valence-electron chi connectivity index (χ3n) is 5.55. The molecule has 2 amide bonds. The summed E-state index contributed by atoms with van der Waals surface area (Å²) in [4.78, 5) is 70.9. The molecule has 40 heavy (non-hydrogen) atoms. The second-order valence-corrected chi connectivity index (χ2v) is 8.96. The van der Waals surface area contributed by atoms with Gasteiger partial charge in [-0.2, -0.15) is 0 Å². The maximum atomic E-state index is 12.1. The summed E-state index contributed by atoms with van der Waals surface area (Å²) in [7, 11) is 1.22. The van der Waals surface area contributed by atoms with Gasteiger partial charge in [0.15, 0.2) is 12.2 Å². The highest BCUT2D eigenvalue weighted by Gasteiger charge is 2.52. The second-order valence-electron chi connectivity index (χ2n) is 8.96. The van der Waals surface area contributed by atoms with Crippen LogP contribution in [-0.4, -0.2) is 86.1 Å². The summed E-state index contributed by atoms with van der Waals surface area (Å²) in [5, 5.41) is 5.14. The van der Waals surface area contributed by atoms with Crippen molar-refractivity contribution in [1.82, 2.24) is 10.6 Å². The normalized spacial score (nSPS) is 22.6. The fourth-order valence-corrected chi connectivity index (χ4v) is 4.05. The van der Waals surface area contributed by atoms with E-state index >= 15 is 0 Å². The largest absolute Gasteiger partial charge is 0.467 e. The van der Waals surface area contributed by atoms with E-state index in [1.54, 1.807) is 24.3 Å². The van der Waals surface area contributed by atoms with Gasteiger partial charge in [0.25, 0.3) is 0 Å². The zero-order chi connectivity index (χ0) is 30.0. The van der Waals surface area contributed by atoms with Crippen molar-refractivity contribution in [1.29, 1.82) is 0 Å². The summed E-state index contributed by atoms with van der Waals surface area (Å²) in [6.07, 6.45) is -4.77. The van der Waals surface area contributed by atoms with E-state index in [-0.39, 0.29) is 18.8 Å². The molecule has 220 valence electrons. The van der Waals surface area contributed by atoms with Crippen LogP contribution in [0, 0.1) is 0 Å². The quantitative estimate of drug-likeness (QED) is 0.269. The molecule has 1 fully saturated rings. The molecule has 0 spiro atoms. The van der Waals surface area contributed by atoms with E-state index in [1.807, 2.05) is 0 Å². The minimum absolute atomic E-state index is 0.143. The van der Waals surface area contributed by atoms with Crippen LogP contribution in [0.1, 0.15) is 40.2 Å². The van der Waals surface area contributed by atoms with Gasteiger partial charge in [0.2, 0.25) is 18.1 Å². The zero-order valence-corrected chi connectivity index (χ0v) is 23.1. The predicted molar refractivity (Wildman–Crippen MR) is 134 cm³/mol. The average Bonchev–Trinajstić information content (AvgIpc) is 2.85. The van der Waals surface area contributed by atoms with Crippen LogP contribution in [0.5, 0.6) is 5.75 Å². The lowest BCUT2D eigenvalue weighted by atomic mass is 9.96. The number of benzene rings is 1. The minimum Gasteiger partial charge on any atom is -0.467 e. The average molecular weight is 567 g/mol. The van der Waals surface area contributed by atoms with Crippen LogP contribution in [0.25, 0.3) is 0 Å². The van der Waals surface area contributed by atoms with E-state index in [0.717, 1.165) is 13.8 Å². The SMILES string of the molecule is COC(=O)[C@H](Cc1ccc(O[C@H]2O[C@H](COC(C)=O)[C@H](OC(C)=O)[C@H](OC(C)=O)[C@H]2NC(C)=O)cc1)NC(C)=O. The van der Waals surface area contributed by atoms with Crippen LogP contribution in [0.3, 0.4) is 0 Å². The first-order chi connectivity index (χ1) is 18.8. The zero-order valence-electron chi connectivity index (χ0n) is 23.1. The van der Waals surface area contributed by atoms with E-state index in [0.29, 0.717) is 5.56 Å². The number of carbonyl (C=O) groups excluding carboxylic acids is 6. The summed E-state index contributed by atoms with van der Waals surface area (Å²) in [5.41, 5.74) is 0.667. The molecule has 14 nitrogen and oxygen atoms in total. The molecule has 1 saturated heterocycles. The van der Waals surface area contributed by atoms with Crippen molar-refractivity contribution < 1.29 is 57.2 Å². The van der Waals surface area contributed by atoms with Crippen LogP contribution >= 0.6 is 0 Å². The Balaban J connectivity index is 2.36. The number of esters is 4. The third kappa shape index (κ3) is 9.84. The first-order valence-electron chi connectivity index (χ1n) is 12.3. The summed E-state index contributed by atoms with van der Waals surface area (Å²) in [6, 6.07) is 4.37. The Hall–Kier alpha value is -4.20. The van der Waals surface area contributed by atoms with Crippen LogP contribution < -0.4 is 15.4 Å². The molecule has 0 unspecified atom stereocenters. The molecule has 14 heteroatoms. The van der Waals surface area contributed by atoms with E-state index in [4.69, 9.17) is 28.4 Å². The summed E-state index contributed by atoms with van der Waals surface area (Å²) >= 11 is 0. The lowest BCUT2D eigenvalue weighted by molar-refractivity contribution is -0.257. The molecule has 0 saturated carbocycles. The number of hydrogen-bond acceptors (Lipinski definition) is 12. The molecule has 1 aliphatic rings. The molecule has 1 heterocycles. The third-order valence-corrected chi connectivity index (χ3v) is 5.55. The Kier molecular flexibility index (Phi) is 11.9. The number of nitrogens with one attached hydrogen (secondary N) is 2. The number of hydrogen-bond donors (Lipinski definition) is 2. The number of carbonyl (C=O) groups is 6. The van der Waals surface area contributed by atoms with Gasteiger partial charge in [-0.1, -0.05) is 12.1 Å². The van der Waals surface area contributed by atoms with Crippen molar-refractivity contribution in [3.8, 4) is 5.75 Å². The van der Waals surface area contributed by atoms with Gasteiger partial charge in [0, 0.05) is 41.0 Å². The maximum absolute atomic E-state index is 12.1. The highest BCUT2D eigenvalue weighted by atomic mass is 16.7. The van der Waals surface area contributed by atoms with Gasteiger partial charge in [-0.15, -0.1) is 0 Å². The van der Waals surface area contributed by atoms with E-state index < -0.39 is 72.4 Å². The Labute approximate surface area is 230 Å². The van der Waals surface area contributed by atoms with Crippen molar-refractivity contribution in [2.24, 2.45) is 0 Å². The number of rotatable bonds is 11. The van der Waals surface area contributed by atoms with E-state index in [9.17, 15) is 28.8 Å². The predicted octanol–water partition coefficient (Wildman–Crippen LogP) is -0.0583. The van der Waals surface area contributed by atoms with Crippen molar-refractivity contribution in [2.75, 3.05) is 13.7 Å². The molecule has 0 bridgehead atoms. The first kappa shape index (κ1) is 32.0. The molecule has 1 aromatic rings. The van der Waals surface area contributed by atoms with E-state index in [1.165, 1.54) is 27.9 Å². The highest BCUT2D eigenvalue weighted by Crippen LogP contribution is 2.29. The topological polar surface area (TPSA) is 182 Å². The monoisotopic (exact) mass is 566 g/mol. The number of ether oxygens (including phenoxy) is 6. The van der Waals surface area contributed by atoms with E-state index in [2.05, 4.69) is 10.6 Å². The molecule has 6 atom stereocenters. The molecular weight excluding hydrogens is 532 g/mol. The molecular formula is C26H34N2O12. The standard InChI is InChI=1S/C26H34N2O12/c1-13(29)27-20(25(34)35-6)11-18-7-9-19(10-8-18)39-26-22(28-14(2)30)24(38-17(5)33)23(37-16(4)32)21(40-26)12-36-15(3)31/h7-10,20-24,26H,11-12H2,1-6H3,(H,27,29)(H,28,30)/t20-,21+,22+,23-,24+,26-/m0/s1. The Bertz CT molecular complexity index is 1090. The molecule has 0 aromatic heterocycles. The number of amides is 2.